The van der Waals surface area contributed by atoms with Crippen LogP contribution in [0.2, 0.25) is 0 Å². The summed E-state index contributed by atoms with van der Waals surface area (Å²) in [6, 6.07) is 0.168. The first-order valence-corrected chi connectivity index (χ1v) is 6.07. The SMILES string of the molecule is COCCOCC(=O)N1CCC(N)C(C)(C)C1. The molecule has 1 heterocycles. The number of hydrogen-bond donors (Lipinski definition) is 1. The average Bonchev–Trinajstić information content (AvgIpc) is 2.28. The van der Waals surface area contributed by atoms with Crippen LogP contribution in [0.15, 0.2) is 0 Å². The van der Waals surface area contributed by atoms with Crippen molar-refractivity contribution in [1.82, 2.24) is 4.90 Å². The van der Waals surface area contributed by atoms with Crippen LogP contribution in [0.4, 0.5) is 0 Å². The van der Waals surface area contributed by atoms with Crippen molar-refractivity contribution in [2.45, 2.75) is 26.3 Å². The summed E-state index contributed by atoms with van der Waals surface area (Å²) < 4.78 is 10.1. The summed E-state index contributed by atoms with van der Waals surface area (Å²) >= 11 is 0. The maximum atomic E-state index is 11.9. The number of piperidine rings is 1. The summed E-state index contributed by atoms with van der Waals surface area (Å²) in [5.74, 6) is 0.0427. The maximum absolute atomic E-state index is 11.9. The Morgan fingerprint density at radius 2 is 2.18 bits per heavy atom. The normalized spacial score (nSPS) is 23.8. The van der Waals surface area contributed by atoms with Gasteiger partial charge in [0.2, 0.25) is 5.91 Å². The van der Waals surface area contributed by atoms with Gasteiger partial charge in [0.15, 0.2) is 0 Å². The fourth-order valence-electron chi connectivity index (χ4n) is 1.98. The molecule has 0 aromatic heterocycles. The van der Waals surface area contributed by atoms with Crippen LogP contribution in [0.1, 0.15) is 20.3 Å². The molecule has 1 amide bonds. The summed E-state index contributed by atoms with van der Waals surface area (Å²) in [6.07, 6.45) is 0.858. The molecule has 100 valence electrons. The number of methoxy groups -OCH3 is 1. The Bertz CT molecular complexity index is 256. The van der Waals surface area contributed by atoms with Crippen molar-refractivity contribution in [2.24, 2.45) is 11.1 Å². The van der Waals surface area contributed by atoms with Gasteiger partial charge < -0.3 is 20.1 Å². The third-order valence-corrected chi connectivity index (χ3v) is 3.32. The molecule has 1 aliphatic heterocycles. The van der Waals surface area contributed by atoms with Crippen LogP contribution in [0.3, 0.4) is 0 Å². The molecule has 0 spiro atoms. The lowest BCUT2D eigenvalue weighted by Crippen LogP contribution is -2.54. The second-order valence-electron chi connectivity index (χ2n) is 5.24. The van der Waals surface area contributed by atoms with Gasteiger partial charge in [-0.1, -0.05) is 13.8 Å². The largest absolute Gasteiger partial charge is 0.382 e. The second kappa shape index (κ2) is 6.33. The smallest absolute Gasteiger partial charge is 0.248 e. The van der Waals surface area contributed by atoms with Crippen LogP contribution < -0.4 is 5.73 Å². The molecule has 0 bridgehead atoms. The molecule has 2 N–H and O–H groups in total. The lowest BCUT2D eigenvalue weighted by Gasteiger charge is -2.42. The van der Waals surface area contributed by atoms with Crippen LogP contribution >= 0.6 is 0 Å². The highest BCUT2D eigenvalue weighted by Gasteiger charge is 2.35. The minimum Gasteiger partial charge on any atom is -0.382 e. The third kappa shape index (κ3) is 4.26. The molecule has 1 rings (SSSR count). The molecule has 5 heteroatoms. The topological polar surface area (TPSA) is 64.8 Å². The zero-order chi connectivity index (χ0) is 12.9. The highest BCUT2D eigenvalue weighted by atomic mass is 16.5. The van der Waals surface area contributed by atoms with E-state index >= 15 is 0 Å². The molecule has 17 heavy (non-hydrogen) atoms. The monoisotopic (exact) mass is 244 g/mol. The van der Waals surface area contributed by atoms with Crippen molar-refractivity contribution >= 4 is 5.91 Å². The summed E-state index contributed by atoms with van der Waals surface area (Å²) in [5, 5.41) is 0. The molecule has 5 nitrogen and oxygen atoms in total. The lowest BCUT2D eigenvalue weighted by molar-refractivity contribution is -0.140. The highest BCUT2D eigenvalue weighted by Crippen LogP contribution is 2.27. The van der Waals surface area contributed by atoms with Crippen molar-refractivity contribution in [2.75, 3.05) is 40.0 Å². The van der Waals surface area contributed by atoms with Crippen molar-refractivity contribution in [3.05, 3.63) is 0 Å². The van der Waals surface area contributed by atoms with E-state index < -0.39 is 0 Å². The molecule has 1 atom stereocenters. The summed E-state index contributed by atoms with van der Waals surface area (Å²) in [4.78, 5) is 13.7. The number of carbonyl (C=O) groups excluding carboxylic acids is 1. The number of likely N-dealkylation sites (tertiary alicyclic amines) is 1. The molecule has 1 unspecified atom stereocenters. The average molecular weight is 244 g/mol. The first kappa shape index (κ1) is 14.4. The van der Waals surface area contributed by atoms with Crippen molar-refractivity contribution in [1.29, 1.82) is 0 Å². The number of nitrogens with two attached hydrogens (primary N) is 1. The van der Waals surface area contributed by atoms with Crippen LogP contribution in [-0.4, -0.2) is 56.9 Å². The minimum absolute atomic E-state index is 0.0135. The molecule has 0 radical (unpaired) electrons. The van der Waals surface area contributed by atoms with Gasteiger partial charge in [-0.25, -0.2) is 0 Å². The van der Waals surface area contributed by atoms with E-state index in [1.165, 1.54) is 0 Å². The van der Waals surface area contributed by atoms with Gasteiger partial charge in [0.05, 0.1) is 13.2 Å². The Kier molecular flexibility index (Phi) is 5.36. The van der Waals surface area contributed by atoms with Crippen molar-refractivity contribution in [3.8, 4) is 0 Å². The van der Waals surface area contributed by atoms with E-state index in [1.54, 1.807) is 7.11 Å². The van der Waals surface area contributed by atoms with Crippen molar-refractivity contribution in [3.63, 3.8) is 0 Å². The summed E-state index contributed by atoms with van der Waals surface area (Å²) in [5.41, 5.74) is 6.02. The van der Waals surface area contributed by atoms with Gasteiger partial charge in [0.25, 0.3) is 0 Å². The van der Waals surface area contributed by atoms with E-state index in [9.17, 15) is 4.79 Å². The van der Waals surface area contributed by atoms with E-state index in [4.69, 9.17) is 15.2 Å². The lowest BCUT2D eigenvalue weighted by atomic mass is 9.80. The number of nitrogens with zero attached hydrogens (tertiary/aromatic N) is 1. The first-order valence-electron chi connectivity index (χ1n) is 6.07. The molecule has 1 saturated heterocycles. The fourth-order valence-corrected chi connectivity index (χ4v) is 1.98. The molecule has 0 aliphatic carbocycles. The van der Waals surface area contributed by atoms with Gasteiger partial charge in [0.1, 0.15) is 6.61 Å². The third-order valence-electron chi connectivity index (χ3n) is 3.32. The van der Waals surface area contributed by atoms with Gasteiger partial charge in [-0.2, -0.15) is 0 Å². The van der Waals surface area contributed by atoms with E-state index in [0.717, 1.165) is 13.0 Å². The van der Waals surface area contributed by atoms with Gasteiger partial charge in [0, 0.05) is 26.2 Å². The first-order chi connectivity index (χ1) is 7.97. The number of hydrogen-bond acceptors (Lipinski definition) is 4. The van der Waals surface area contributed by atoms with E-state index in [2.05, 4.69) is 13.8 Å². The van der Waals surface area contributed by atoms with Gasteiger partial charge in [-0.05, 0) is 11.8 Å². The van der Waals surface area contributed by atoms with Gasteiger partial charge >= 0.3 is 0 Å². The van der Waals surface area contributed by atoms with Crippen molar-refractivity contribution < 1.29 is 14.3 Å². The fraction of sp³-hybridized carbons (Fsp3) is 0.917. The Morgan fingerprint density at radius 3 is 2.76 bits per heavy atom. The number of ether oxygens (including phenoxy) is 2. The molecular weight excluding hydrogens is 220 g/mol. The second-order valence-corrected chi connectivity index (χ2v) is 5.24. The Hall–Kier alpha value is -0.650. The van der Waals surface area contributed by atoms with Crippen LogP contribution in [0, 0.1) is 5.41 Å². The summed E-state index contributed by atoms with van der Waals surface area (Å²) in [7, 11) is 1.61. The number of carbonyl (C=O) groups is 1. The van der Waals surface area contributed by atoms with Crippen LogP contribution in [0.25, 0.3) is 0 Å². The zero-order valence-corrected chi connectivity index (χ0v) is 11.1. The number of rotatable bonds is 5. The molecule has 0 aromatic rings. The Morgan fingerprint density at radius 1 is 1.47 bits per heavy atom. The molecular formula is C12H24N2O3. The minimum atomic E-state index is -0.0135. The zero-order valence-electron chi connectivity index (χ0n) is 11.1. The van der Waals surface area contributed by atoms with Crippen LogP contribution in [-0.2, 0) is 14.3 Å². The predicted octanol–water partition coefficient (Wildman–Crippen LogP) is 0.235. The molecule has 1 fully saturated rings. The Labute approximate surface area is 103 Å². The standard InChI is InChI=1S/C12H24N2O3/c1-12(2)9-14(5-4-10(12)13)11(15)8-17-7-6-16-3/h10H,4-9,13H2,1-3H3. The van der Waals surface area contributed by atoms with E-state index in [-0.39, 0.29) is 24.0 Å². The van der Waals surface area contributed by atoms with Gasteiger partial charge in [-0.3, -0.25) is 4.79 Å². The highest BCUT2D eigenvalue weighted by molar-refractivity contribution is 5.77. The quantitative estimate of drug-likeness (QED) is 0.703. The van der Waals surface area contributed by atoms with E-state index in [1.807, 2.05) is 4.90 Å². The number of amides is 1. The molecule has 1 aliphatic rings. The molecule has 0 aromatic carbocycles. The molecule has 0 saturated carbocycles. The maximum Gasteiger partial charge on any atom is 0.248 e. The predicted molar refractivity (Wildman–Crippen MR) is 65.6 cm³/mol. The summed E-state index contributed by atoms with van der Waals surface area (Å²) in [6.45, 7) is 6.75. The van der Waals surface area contributed by atoms with Gasteiger partial charge in [-0.15, -0.1) is 0 Å². The van der Waals surface area contributed by atoms with E-state index in [0.29, 0.717) is 19.8 Å². The van der Waals surface area contributed by atoms with Crippen LogP contribution in [0.5, 0.6) is 0 Å². The Balaban J connectivity index is 2.33.